The number of carbonyl (C=O) groups excluding carboxylic acids is 2. The number of anilines is 2. The van der Waals surface area contributed by atoms with Gasteiger partial charge in [-0.05, 0) is 32.1 Å². The Morgan fingerprint density at radius 1 is 0.962 bits per heavy atom. The maximum Gasteiger partial charge on any atom is 0.228 e. The molecule has 0 atom stereocenters. The Morgan fingerprint density at radius 2 is 1.69 bits per heavy atom. The van der Waals surface area contributed by atoms with Crippen LogP contribution in [0.3, 0.4) is 0 Å². The quantitative estimate of drug-likeness (QED) is 0.871. The lowest BCUT2D eigenvalue weighted by Gasteiger charge is -2.32. The predicted octanol–water partition coefficient (Wildman–Crippen LogP) is 2.33. The molecule has 0 aromatic carbocycles. The van der Waals surface area contributed by atoms with E-state index >= 15 is 0 Å². The van der Waals surface area contributed by atoms with Crippen LogP contribution in [0.1, 0.15) is 57.8 Å². The molecule has 8 heteroatoms. The minimum atomic E-state index is 0.112. The molecule has 0 spiro atoms. The van der Waals surface area contributed by atoms with Crippen molar-refractivity contribution in [2.45, 2.75) is 63.8 Å². The van der Waals surface area contributed by atoms with Gasteiger partial charge in [0.1, 0.15) is 0 Å². The second-order valence-corrected chi connectivity index (χ2v) is 8.56. The zero-order valence-corrected chi connectivity index (χ0v) is 16.0. The highest BCUT2D eigenvalue weighted by Gasteiger charge is 2.30. The molecule has 0 unspecified atom stereocenters. The molecule has 2 saturated heterocycles. The monoisotopic (exact) mass is 377 g/mol. The maximum absolute atomic E-state index is 12.5. The van der Waals surface area contributed by atoms with Gasteiger partial charge in [0.25, 0.3) is 0 Å². The first-order valence-electron chi connectivity index (χ1n) is 9.90. The summed E-state index contributed by atoms with van der Waals surface area (Å²) in [6.45, 7) is 2.40. The number of carbonyl (C=O) groups is 2. The van der Waals surface area contributed by atoms with Crippen molar-refractivity contribution in [3.8, 4) is 0 Å². The van der Waals surface area contributed by atoms with Crippen LogP contribution in [0.2, 0.25) is 0 Å². The summed E-state index contributed by atoms with van der Waals surface area (Å²) in [6.07, 6.45) is 9.26. The fourth-order valence-corrected chi connectivity index (χ4v) is 5.14. The Balaban J connectivity index is 1.28. The van der Waals surface area contributed by atoms with E-state index in [1.54, 1.807) is 4.90 Å². The molecular weight excluding hydrogens is 350 g/mol. The maximum atomic E-state index is 12.5. The van der Waals surface area contributed by atoms with Gasteiger partial charge in [0.2, 0.25) is 22.1 Å². The van der Waals surface area contributed by atoms with Gasteiger partial charge in [0.15, 0.2) is 0 Å². The van der Waals surface area contributed by atoms with E-state index in [2.05, 4.69) is 20.4 Å². The van der Waals surface area contributed by atoms with Gasteiger partial charge in [-0.25, -0.2) is 0 Å². The van der Waals surface area contributed by atoms with E-state index in [-0.39, 0.29) is 17.7 Å². The standard InChI is InChI=1S/C18H27N5O2S/c24-15-7-4-10-23(15)18-21-20-17(26-18)22-11-8-13(9-12-22)16(25)19-14-5-2-1-3-6-14/h13-14H,1-12H2,(H,19,25). The van der Waals surface area contributed by atoms with Crippen LogP contribution in [0.4, 0.5) is 10.3 Å². The Morgan fingerprint density at radius 3 is 2.38 bits per heavy atom. The third kappa shape index (κ3) is 3.84. The van der Waals surface area contributed by atoms with Crippen molar-refractivity contribution in [3.63, 3.8) is 0 Å². The van der Waals surface area contributed by atoms with Crippen molar-refractivity contribution >= 4 is 33.4 Å². The molecule has 0 radical (unpaired) electrons. The molecule has 1 aromatic rings. The molecule has 26 heavy (non-hydrogen) atoms. The molecule has 2 amide bonds. The van der Waals surface area contributed by atoms with Gasteiger partial charge < -0.3 is 10.2 Å². The van der Waals surface area contributed by atoms with Crippen molar-refractivity contribution < 1.29 is 9.59 Å². The minimum Gasteiger partial charge on any atom is -0.353 e. The third-order valence-electron chi connectivity index (χ3n) is 5.80. The molecular formula is C18H27N5O2S. The van der Waals surface area contributed by atoms with Gasteiger partial charge in [0, 0.05) is 38.0 Å². The summed E-state index contributed by atoms with van der Waals surface area (Å²) >= 11 is 1.49. The topological polar surface area (TPSA) is 78.4 Å². The lowest BCUT2D eigenvalue weighted by molar-refractivity contribution is -0.126. The molecule has 4 rings (SSSR count). The summed E-state index contributed by atoms with van der Waals surface area (Å²) in [7, 11) is 0. The van der Waals surface area contributed by atoms with Crippen LogP contribution in [0.15, 0.2) is 0 Å². The van der Waals surface area contributed by atoms with E-state index in [9.17, 15) is 9.59 Å². The van der Waals surface area contributed by atoms with Gasteiger partial charge in [-0.1, -0.05) is 30.6 Å². The van der Waals surface area contributed by atoms with E-state index in [1.165, 1.54) is 30.6 Å². The molecule has 2 aliphatic heterocycles. The van der Waals surface area contributed by atoms with Crippen LogP contribution in [0.5, 0.6) is 0 Å². The first kappa shape index (κ1) is 17.7. The molecule has 3 heterocycles. The average molecular weight is 378 g/mol. The zero-order chi connectivity index (χ0) is 17.9. The predicted molar refractivity (Wildman–Crippen MR) is 101 cm³/mol. The number of nitrogens with one attached hydrogen (secondary N) is 1. The van der Waals surface area contributed by atoms with Crippen LogP contribution in [-0.4, -0.2) is 47.7 Å². The number of nitrogens with zero attached hydrogens (tertiary/aromatic N) is 4. The van der Waals surface area contributed by atoms with E-state index in [1.807, 2.05) is 0 Å². The van der Waals surface area contributed by atoms with Crippen molar-refractivity contribution in [1.29, 1.82) is 0 Å². The molecule has 0 bridgehead atoms. The third-order valence-corrected chi connectivity index (χ3v) is 6.80. The highest BCUT2D eigenvalue weighted by atomic mass is 32.1. The van der Waals surface area contributed by atoms with Crippen LogP contribution in [0.25, 0.3) is 0 Å². The zero-order valence-electron chi connectivity index (χ0n) is 15.2. The van der Waals surface area contributed by atoms with Gasteiger partial charge in [-0.2, -0.15) is 0 Å². The molecule has 3 fully saturated rings. The van der Waals surface area contributed by atoms with E-state index in [4.69, 9.17) is 0 Å². The number of hydrogen-bond acceptors (Lipinski definition) is 6. The summed E-state index contributed by atoms with van der Waals surface area (Å²) in [5.41, 5.74) is 0. The number of piperidine rings is 1. The minimum absolute atomic E-state index is 0.112. The molecule has 7 nitrogen and oxygen atoms in total. The normalized spacial score (nSPS) is 22.8. The lowest BCUT2D eigenvalue weighted by atomic mass is 9.92. The molecule has 142 valence electrons. The summed E-state index contributed by atoms with van der Waals surface area (Å²) in [6, 6.07) is 0.387. The van der Waals surface area contributed by atoms with Crippen molar-refractivity contribution in [2.24, 2.45) is 5.92 Å². The van der Waals surface area contributed by atoms with E-state index in [0.717, 1.165) is 56.9 Å². The summed E-state index contributed by atoms with van der Waals surface area (Å²) < 4.78 is 0. The Kier molecular flexibility index (Phi) is 5.38. The van der Waals surface area contributed by atoms with E-state index in [0.29, 0.717) is 17.6 Å². The van der Waals surface area contributed by atoms with Gasteiger partial charge in [-0.15, -0.1) is 10.2 Å². The summed E-state index contributed by atoms with van der Waals surface area (Å²) in [4.78, 5) is 28.3. The Bertz CT molecular complexity index is 650. The second-order valence-electron chi connectivity index (χ2n) is 7.62. The van der Waals surface area contributed by atoms with Gasteiger partial charge in [0.05, 0.1) is 0 Å². The molecule has 1 saturated carbocycles. The Labute approximate surface area is 158 Å². The molecule has 1 aliphatic carbocycles. The average Bonchev–Trinajstić information content (AvgIpc) is 3.31. The summed E-state index contributed by atoms with van der Waals surface area (Å²) in [5.74, 6) is 0.490. The molecule has 3 aliphatic rings. The van der Waals surface area contributed by atoms with Crippen LogP contribution in [0, 0.1) is 5.92 Å². The number of amides is 2. The summed E-state index contributed by atoms with van der Waals surface area (Å²) in [5, 5.41) is 13.3. The SMILES string of the molecule is O=C(NC1CCCCC1)C1CCN(c2nnc(N3CCCC3=O)s2)CC1. The van der Waals surface area contributed by atoms with Crippen LogP contribution >= 0.6 is 11.3 Å². The van der Waals surface area contributed by atoms with Crippen molar-refractivity contribution in [1.82, 2.24) is 15.5 Å². The lowest BCUT2D eigenvalue weighted by Crippen LogP contribution is -2.44. The van der Waals surface area contributed by atoms with E-state index < -0.39 is 0 Å². The largest absolute Gasteiger partial charge is 0.353 e. The van der Waals surface area contributed by atoms with Crippen molar-refractivity contribution in [3.05, 3.63) is 0 Å². The fourth-order valence-electron chi connectivity index (χ4n) is 4.19. The van der Waals surface area contributed by atoms with Crippen LogP contribution in [-0.2, 0) is 9.59 Å². The highest BCUT2D eigenvalue weighted by molar-refractivity contribution is 7.19. The van der Waals surface area contributed by atoms with Gasteiger partial charge in [-0.3, -0.25) is 14.5 Å². The first-order chi connectivity index (χ1) is 12.7. The number of hydrogen-bond donors (Lipinski definition) is 1. The second kappa shape index (κ2) is 7.90. The molecule has 1 aromatic heterocycles. The smallest absolute Gasteiger partial charge is 0.228 e. The first-order valence-corrected chi connectivity index (χ1v) is 10.7. The number of rotatable bonds is 4. The number of aromatic nitrogens is 2. The van der Waals surface area contributed by atoms with Gasteiger partial charge >= 0.3 is 0 Å². The highest BCUT2D eigenvalue weighted by Crippen LogP contribution is 2.32. The Hall–Kier alpha value is -1.70. The van der Waals surface area contributed by atoms with Crippen LogP contribution < -0.4 is 15.1 Å². The molecule has 1 N–H and O–H groups in total. The van der Waals surface area contributed by atoms with Crippen molar-refractivity contribution in [2.75, 3.05) is 29.4 Å². The fraction of sp³-hybridized carbons (Fsp3) is 0.778.